The SMILES string of the molecule is O=C(Cn1cccn1)N1CCN(c2nncc3ccccc23)CC1. The topological polar surface area (TPSA) is 67.2 Å². The second kappa shape index (κ2) is 6.27. The highest BCUT2D eigenvalue weighted by Crippen LogP contribution is 2.24. The van der Waals surface area contributed by atoms with Crippen LogP contribution in [0.5, 0.6) is 0 Å². The Morgan fingerprint density at radius 3 is 2.71 bits per heavy atom. The summed E-state index contributed by atoms with van der Waals surface area (Å²) in [6, 6.07) is 9.94. The van der Waals surface area contributed by atoms with Crippen LogP contribution in [0.15, 0.2) is 48.9 Å². The number of anilines is 1. The van der Waals surface area contributed by atoms with E-state index in [-0.39, 0.29) is 5.91 Å². The number of piperazine rings is 1. The molecule has 0 radical (unpaired) electrons. The molecule has 1 aliphatic heterocycles. The van der Waals surface area contributed by atoms with Crippen molar-refractivity contribution in [3.8, 4) is 0 Å². The van der Waals surface area contributed by atoms with E-state index in [4.69, 9.17) is 0 Å². The molecule has 0 atom stereocenters. The molecule has 0 aliphatic carbocycles. The van der Waals surface area contributed by atoms with Crippen LogP contribution >= 0.6 is 0 Å². The van der Waals surface area contributed by atoms with E-state index in [9.17, 15) is 4.79 Å². The largest absolute Gasteiger partial charge is 0.351 e. The van der Waals surface area contributed by atoms with E-state index >= 15 is 0 Å². The summed E-state index contributed by atoms with van der Waals surface area (Å²) in [6.45, 7) is 3.18. The van der Waals surface area contributed by atoms with Gasteiger partial charge in [-0.05, 0) is 6.07 Å². The molecule has 0 N–H and O–H groups in total. The van der Waals surface area contributed by atoms with Gasteiger partial charge in [0.05, 0.1) is 6.20 Å². The molecule has 0 spiro atoms. The molecule has 122 valence electrons. The molecule has 1 amide bonds. The molecular formula is C17H18N6O. The van der Waals surface area contributed by atoms with Gasteiger partial charge in [0, 0.05) is 49.3 Å². The molecule has 1 aromatic carbocycles. The van der Waals surface area contributed by atoms with Crippen LogP contribution in [-0.4, -0.2) is 57.0 Å². The van der Waals surface area contributed by atoms with Crippen LogP contribution in [0.3, 0.4) is 0 Å². The summed E-state index contributed by atoms with van der Waals surface area (Å²) in [5, 5.41) is 14.7. The molecule has 3 heterocycles. The highest BCUT2D eigenvalue weighted by Gasteiger charge is 2.23. The molecule has 24 heavy (non-hydrogen) atoms. The standard InChI is InChI=1S/C17H18N6O/c24-16(13-23-7-3-6-19-23)21-8-10-22(11-9-21)17-15-5-2-1-4-14(15)12-18-20-17/h1-7,12H,8-11,13H2. The molecule has 4 rings (SSSR count). The third kappa shape index (κ3) is 2.80. The van der Waals surface area contributed by atoms with Crippen LogP contribution in [0.2, 0.25) is 0 Å². The molecule has 7 heteroatoms. The summed E-state index contributed by atoms with van der Waals surface area (Å²) in [7, 11) is 0. The van der Waals surface area contributed by atoms with E-state index < -0.39 is 0 Å². The maximum Gasteiger partial charge on any atom is 0.244 e. The minimum absolute atomic E-state index is 0.0994. The molecule has 0 unspecified atom stereocenters. The van der Waals surface area contributed by atoms with Gasteiger partial charge >= 0.3 is 0 Å². The number of rotatable bonds is 3. The normalized spacial score (nSPS) is 15.0. The highest BCUT2D eigenvalue weighted by atomic mass is 16.2. The van der Waals surface area contributed by atoms with Gasteiger partial charge in [-0.3, -0.25) is 9.48 Å². The zero-order valence-electron chi connectivity index (χ0n) is 13.2. The van der Waals surface area contributed by atoms with Gasteiger partial charge in [0.25, 0.3) is 0 Å². The van der Waals surface area contributed by atoms with Crippen molar-refractivity contribution in [2.75, 3.05) is 31.1 Å². The summed E-state index contributed by atoms with van der Waals surface area (Å²) >= 11 is 0. The number of nitrogens with zero attached hydrogens (tertiary/aromatic N) is 6. The molecule has 1 aliphatic rings. The van der Waals surface area contributed by atoms with Crippen molar-refractivity contribution in [3.05, 3.63) is 48.9 Å². The molecular weight excluding hydrogens is 304 g/mol. The molecule has 0 bridgehead atoms. The van der Waals surface area contributed by atoms with Crippen LogP contribution in [0.1, 0.15) is 0 Å². The quantitative estimate of drug-likeness (QED) is 0.724. The second-order valence-corrected chi connectivity index (χ2v) is 5.83. The third-order valence-corrected chi connectivity index (χ3v) is 4.34. The van der Waals surface area contributed by atoms with Crippen molar-refractivity contribution in [2.45, 2.75) is 6.54 Å². The Kier molecular flexibility index (Phi) is 3.82. The lowest BCUT2D eigenvalue weighted by Crippen LogP contribution is -2.50. The Balaban J connectivity index is 1.45. The zero-order valence-corrected chi connectivity index (χ0v) is 13.2. The maximum absolute atomic E-state index is 12.3. The van der Waals surface area contributed by atoms with Crippen LogP contribution in [0.4, 0.5) is 5.82 Å². The number of amides is 1. The number of benzene rings is 1. The number of aromatic nitrogens is 4. The fourth-order valence-corrected chi connectivity index (χ4v) is 3.05. The number of carbonyl (C=O) groups excluding carboxylic acids is 1. The van der Waals surface area contributed by atoms with Crippen LogP contribution < -0.4 is 4.90 Å². The first-order valence-electron chi connectivity index (χ1n) is 8.02. The third-order valence-electron chi connectivity index (χ3n) is 4.34. The first-order valence-corrected chi connectivity index (χ1v) is 8.02. The summed E-state index contributed by atoms with van der Waals surface area (Å²) in [6.07, 6.45) is 5.27. The molecule has 3 aromatic rings. The molecule has 1 fully saturated rings. The highest BCUT2D eigenvalue weighted by molar-refractivity contribution is 5.91. The number of carbonyl (C=O) groups is 1. The van der Waals surface area contributed by atoms with Gasteiger partial charge in [0.15, 0.2) is 5.82 Å². The summed E-state index contributed by atoms with van der Waals surface area (Å²) in [5.41, 5.74) is 0. The van der Waals surface area contributed by atoms with Gasteiger partial charge < -0.3 is 9.80 Å². The smallest absolute Gasteiger partial charge is 0.244 e. The molecule has 0 saturated carbocycles. The number of hydrogen-bond acceptors (Lipinski definition) is 5. The average molecular weight is 322 g/mol. The molecule has 7 nitrogen and oxygen atoms in total. The van der Waals surface area contributed by atoms with E-state index in [1.165, 1.54) is 0 Å². The first kappa shape index (κ1) is 14.6. The second-order valence-electron chi connectivity index (χ2n) is 5.83. The first-order chi connectivity index (χ1) is 11.8. The van der Waals surface area contributed by atoms with Crippen LogP contribution in [0.25, 0.3) is 10.8 Å². The van der Waals surface area contributed by atoms with Gasteiger partial charge in [-0.1, -0.05) is 24.3 Å². The van der Waals surface area contributed by atoms with Crippen LogP contribution in [-0.2, 0) is 11.3 Å². The van der Waals surface area contributed by atoms with Crippen molar-refractivity contribution in [2.24, 2.45) is 0 Å². The van der Waals surface area contributed by atoms with Crippen molar-refractivity contribution in [1.82, 2.24) is 24.9 Å². The van der Waals surface area contributed by atoms with Gasteiger partial charge in [0.2, 0.25) is 5.91 Å². The van der Waals surface area contributed by atoms with Crippen molar-refractivity contribution in [1.29, 1.82) is 0 Å². The number of hydrogen-bond donors (Lipinski definition) is 0. The zero-order chi connectivity index (χ0) is 16.4. The van der Waals surface area contributed by atoms with E-state index in [1.807, 2.05) is 29.2 Å². The lowest BCUT2D eigenvalue weighted by atomic mass is 10.1. The fourth-order valence-electron chi connectivity index (χ4n) is 3.05. The maximum atomic E-state index is 12.3. The monoisotopic (exact) mass is 322 g/mol. The molecule has 2 aromatic heterocycles. The van der Waals surface area contributed by atoms with Gasteiger partial charge in [-0.25, -0.2) is 0 Å². The Hall–Kier alpha value is -2.96. The van der Waals surface area contributed by atoms with Crippen molar-refractivity contribution in [3.63, 3.8) is 0 Å². The van der Waals surface area contributed by atoms with Gasteiger partial charge in [-0.15, -0.1) is 5.10 Å². The Labute approximate surface area is 139 Å². The minimum atomic E-state index is 0.0994. The Bertz CT molecular complexity index is 834. The summed E-state index contributed by atoms with van der Waals surface area (Å²) in [5.74, 6) is 0.995. The van der Waals surface area contributed by atoms with E-state index in [1.54, 1.807) is 23.3 Å². The Morgan fingerprint density at radius 2 is 1.92 bits per heavy atom. The van der Waals surface area contributed by atoms with E-state index in [0.717, 1.165) is 29.7 Å². The predicted octanol–water partition coefficient (Wildman–Crippen LogP) is 1.18. The number of fused-ring (bicyclic) bond motifs is 1. The van der Waals surface area contributed by atoms with Crippen molar-refractivity contribution < 1.29 is 4.79 Å². The lowest BCUT2D eigenvalue weighted by Gasteiger charge is -2.35. The van der Waals surface area contributed by atoms with Gasteiger partial charge in [-0.2, -0.15) is 10.2 Å². The van der Waals surface area contributed by atoms with Crippen molar-refractivity contribution >= 4 is 22.5 Å². The summed E-state index contributed by atoms with van der Waals surface area (Å²) < 4.78 is 1.66. The van der Waals surface area contributed by atoms with E-state index in [0.29, 0.717) is 19.6 Å². The van der Waals surface area contributed by atoms with E-state index in [2.05, 4.69) is 26.3 Å². The van der Waals surface area contributed by atoms with Crippen LogP contribution in [0, 0.1) is 0 Å². The average Bonchev–Trinajstić information content (AvgIpc) is 3.14. The Morgan fingerprint density at radius 1 is 1.08 bits per heavy atom. The van der Waals surface area contributed by atoms with Gasteiger partial charge in [0.1, 0.15) is 6.54 Å². The predicted molar refractivity (Wildman–Crippen MR) is 90.6 cm³/mol. The summed E-state index contributed by atoms with van der Waals surface area (Å²) in [4.78, 5) is 16.4. The fraction of sp³-hybridized carbons (Fsp3) is 0.294. The lowest BCUT2D eigenvalue weighted by molar-refractivity contribution is -0.132. The minimum Gasteiger partial charge on any atom is -0.351 e. The molecule has 1 saturated heterocycles.